The molecule has 1 unspecified atom stereocenters. The number of amides is 1. The third kappa shape index (κ3) is 6.56. The van der Waals surface area contributed by atoms with Gasteiger partial charge in [-0.25, -0.2) is 4.98 Å². The Hall–Kier alpha value is -4.05. The first kappa shape index (κ1) is 28.9. The minimum Gasteiger partial charge on any atom is -0.419 e. The maximum absolute atomic E-state index is 13.9. The average molecular weight is 583 g/mol. The molecule has 0 saturated carbocycles. The van der Waals surface area contributed by atoms with Crippen LogP contribution in [0.25, 0.3) is 11.6 Å². The molecule has 0 radical (unpaired) electrons. The fourth-order valence-electron chi connectivity index (χ4n) is 4.05. The van der Waals surface area contributed by atoms with Gasteiger partial charge in [-0.05, 0) is 36.6 Å². The SMILES string of the molecule is Nc1cc(C(F)(F)F)c2nc1-c1nnc(o1)C(C(F)(F)F)CCCCN(Cc1ccc(OC(F)(F)F)cc1)C2=O. The van der Waals surface area contributed by atoms with E-state index in [-0.39, 0.29) is 24.9 Å². The Morgan fingerprint density at radius 3 is 2.25 bits per heavy atom. The molecular weight excluding hydrogens is 565 g/mol. The maximum atomic E-state index is 13.9. The van der Waals surface area contributed by atoms with Gasteiger partial charge in [-0.1, -0.05) is 18.6 Å². The molecule has 1 aliphatic heterocycles. The van der Waals surface area contributed by atoms with Crippen molar-refractivity contribution in [3.8, 4) is 17.3 Å². The van der Waals surface area contributed by atoms with Crippen molar-refractivity contribution in [2.45, 2.75) is 50.4 Å². The number of halogens is 9. The van der Waals surface area contributed by atoms with Gasteiger partial charge in [0.1, 0.15) is 17.4 Å². The van der Waals surface area contributed by atoms with Crippen LogP contribution in [-0.2, 0) is 12.7 Å². The van der Waals surface area contributed by atoms with E-state index < -0.39 is 83.7 Å². The van der Waals surface area contributed by atoms with Crippen LogP contribution < -0.4 is 10.5 Å². The van der Waals surface area contributed by atoms with Gasteiger partial charge in [0.2, 0.25) is 5.89 Å². The van der Waals surface area contributed by atoms with Crippen LogP contribution in [0.1, 0.15) is 52.7 Å². The number of rotatable bonds is 3. The number of ether oxygens (including phenoxy) is 1. The van der Waals surface area contributed by atoms with Crippen LogP contribution in [0.5, 0.6) is 5.75 Å². The van der Waals surface area contributed by atoms with Gasteiger partial charge in [-0.2, -0.15) is 26.3 Å². The van der Waals surface area contributed by atoms with Gasteiger partial charge in [-0.3, -0.25) is 4.79 Å². The number of carbonyl (C=O) groups excluding carboxylic acids is 1. The molecule has 17 heteroatoms. The summed E-state index contributed by atoms with van der Waals surface area (Å²) in [7, 11) is 0. The number of anilines is 1. The lowest BCUT2D eigenvalue weighted by molar-refractivity contribution is -0.274. The van der Waals surface area contributed by atoms with Crippen LogP contribution in [0, 0.1) is 0 Å². The molecule has 1 atom stereocenters. The molecule has 2 aromatic heterocycles. The Bertz CT molecular complexity index is 1370. The van der Waals surface area contributed by atoms with Gasteiger partial charge >= 0.3 is 18.7 Å². The first-order valence-electron chi connectivity index (χ1n) is 11.4. The van der Waals surface area contributed by atoms with Gasteiger partial charge in [0.25, 0.3) is 11.8 Å². The molecule has 216 valence electrons. The molecule has 1 amide bonds. The number of nitrogen functional groups attached to an aromatic ring is 1. The summed E-state index contributed by atoms with van der Waals surface area (Å²) < 4.78 is 129. The predicted octanol–water partition coefficient (Wildman–Crippen LogP) is 6.10. The predicted molar refractivity (Wildman–Crippen MR) is 117 cm³/mol. The first-order chi connectivity index (χ1) is 18.5. The lowest BCUT2D eigenvalue weighted by Crippen LogP contribution is -2.34. The summed E-state index contributed by atoms with van der Waals surface area (Å²) in [6.07, 6.45) is -15.6. The molecule has 1 aliphatic rings. The Balaban J connectivity index is 1.77. The molecule has 4 bridgehead atoms. The van der Waals surface area contributed by atoms with Crippen LogP contribution >= 0.6 is 0 Å². The van der Waals surface area contributed by atoms with E-state index in [1.165, 1.54) is 0 Å². The smallest absolute Gasteiger partial charge is 0.419 e. The Morgan fingerprint density at radius 1 is 0.975 bits per heavy atom. The number of hydrogen-bond donors (Lipinski definition) is 1. The van der Waals surface area contributed by atoms with Gasteiger partial charge in [0.15, 0.2) is 5.69 Å². The van der Waals surface area contributed by atoms with Crippen LogP contribution in [-0.4, -0.2) is 45.1 Å². The summed E-state index contributed by atoms with van der Waals surface area (Å²) in [6.45, 7) is -0.714. The number of hydrogen-bond acceptors (Lipinski definition) is 7. The number of fused-ring (bicyclic) bond motifs is 5. The van der Waals surface area contributed by atoms with Crippen molar-refractivity contribution >= 4 is 11.6 Å². The largest absolute Gasteiger partial charge is 0.573 e. The highest BCUT2D eigenvalue weighted by molar-refractivity contribution is 5.95. The van der Waals surface area contributed by atoms with E-state index in [2.05, 4.69) is 19.9 Å². The van der Waals surface area contributed by atoms with Crippen molar-refractivity contribution < 1.29 is 53.5 Å². The van der Waals surface area contributed by atoms with E-state index >= 15 is 0 Å². The van der Waals surface area contributed by atoms with Gasteiger partial charge in [0, 0.05) is 13.1 Å². The Labute approximate surface area is 218 Å². The molecule has 8 nitrogen and oxygen atoms in total. The minimum atomic E-state index is -5.11. The second-order valence-electron chi connectivity index (χ2n) is 8.77. The van der Waals surface area contributed by atoms with Crippen LogP contribution in [0.15, 0.2) is 34.7 Å². The van der Waals surface area contributed by atoms with Gasteiger partial charge in [0.05, 0.1) is 11.3 Å². The average Bonchev–Trinajstić information content (AvgIpc) is 3.30. The highest BCUT2D eigenvalue weighted by atomic mass is 19.4. The highest BCUT2D eigenvalue weighted by Crippen LogP contribution is 2.41. The lowest BCUT2D eigenvalue weighted by atomic mass is 10.0. The van der Waals surface area contributed by atoms with Crippen molar-refractivity contribution in [1.29, 1.82) is 0 Å². The highest BCUT2D eigenvalue weighted by Gasteiger charge is 2.45. The van der Waals surface area contributed by atoms with Crippen molar-refractivity contribution in [2.75, 3.05) is 12.3 Å². The van der Waals surface area contributed by atoms with E-state index in [0.29, 0.717) is 6.07 Å². The monoisotopic (exact) mass is 583 g/mol. The molecular formula is C23H18F9N5O3. The summed E-state index contributed by atoms with van der Waals surface area (Å²) in [4.78, 5) is 18.0. The number of nitrogens with zero attached hydrogens (tertiary/aromatic N) is 4. The summed E-state index contributed by atoms with van der Waals surface area (Å²) in [5, 5.41) is 6.85. The van der Waals surface area contributed by atoms with E-state index in [4.69, 9.17) is 10.2 Å². The fraction of sp³-hybridized carbons (Fsp3) is 0.391. The molecule has 0 fully saturated rings. The van der Waals surface area contributed by atoms with Crippen LogP contribution in [0.3, 0.4) is 0 Å². The van der Waals surface area contributed by atoms with Crippen molar-refractivity contribution in [3.05, 3.63) is 53.0 Å². The third-order valence-electron chi connectivity index (χ3n) is 5.88. The molecule has 4 rings (SSSR count). The topological polar surface area (TPSA) is 107 Å². The molecule has 3 aromatic rings. The summed E-state index contributed by atoms with van der Waals surface area (Å²) in [6, 6.07) is 4.58. The second kappa shape index (κ2) is 10.5. The molecule has 3 heterocycles. The Morgan fingerprint density at radius 2 is 1.65 bits per heavy atom. The van der Waals surface area contributed by atoms with E-state index in [9.17, 15) is 44.3 Å². The van der Waals surface area contributed by atoms with E-state index in [0.717, 1.165) is 29.2 Å². The van der Waals surface area contributed by atoms with Crippen molar-refractivity contribution in [1.82, 2.24) is 20.1 Å². The van der Waals surface area contributed by atoms with Crippen molar-refractivity contribution in [3.63, 3.8) is 0 Å². The minimum absolute atomic E-state index is 0.0856. The molecule has 1 aromatic carbocycles. The zero-order chi connectivity index (χ0) is 29.5. The van der Waals surface area contributed by atoms with E-state index in [1.807, 2.05) is 0 Å². The van der Waals surface area contributed by atoms with Gasteiger partial charge in [-0.15, -0.1) is 23.4 Å². The quantitative estimate of drug-likeness (QED) is 0.371. The molecule has 2 N–H and O–H groups in total. The number of benzene rings is 1. The number of aromatic nitrogens is 3. The summed E-state index contributed by atoms with van der Waals surface area (Å²) >= 11 is 0. The molecule has 0 aliphatic carbocycles. The third-order valence-corrected chi connectivity index (χ3v) is 5.88. The second-order valence-corrected chi connectivity index (χ2v) is 8.77. The number of carbonyl (C=O) groups is 1. The van der Waals surface area contributed by atoms with Crippen LogP contribution in [0.4, 0.5) is 45.2 Å². The van der Waals surface area contributed by atoms with Gasteiger partial charge < -0.3 is 19.8 Å². The normalized spacial score (nSPS) is 17.2. The fourth-order valence-corrected chi connectivity index (χ4v) is 4.05. The maximum Gasteiger partial charge on any atom is 0.573 e. The van der Waals surface area contributed by atoms with Crippen molar-refractivity contribution in [2.24, 2.45) is 0 Å². The summed E-state index contributed by atoms with van der Waals surface area (Å²) in [5.74, 6) is -5.58. The standard InChI is InChI=1S/C23H18F9N5O3/c24-21(25,26)13-3-1-2-8-37(10-11-4-6-12(7-5-11)40-23(30,31)32)20(38)16-14(22(27,28)29)9-15(33)17(34-16)19-36-35-18(13)39-19/h4-7,9,13H,1-3,8,10,33H2. The zero-order valence-corrected chi connectivity index (χ0v) is 20.0. The first-order valence-corrected chi connectivity index (χ1v) is 11.4. The van der Waals surface area contributed by atoms with E-state index in [1.54, 1.807) is 0 Å². The van der Waals surface area contributed by atoms with Crippen LogP contribution in [0.2, 0.25) is 0 Å². The zero-order valence-electron chi connectivity index (χ0n) is 20.0. The lowest BCUT2D eigenvalue weighted by Gasteiger charge is -2.25. The number of nitrogens with two attached hydrogens (primary N) is 1. The number of pyridine rings is 1. The molecule has 0 spiro atoms. The number of alkyl halides is 9. The molecule has 40 heavy (non-hydrogen) atoms. The Kier molecular flexibility index (Phi) is 7.60. The summed E-state index contributed by atoms with van der Waals surface area (Å²) in [5.41, 5.74) is 1.96. The molecule has 0 saturated heterocycles.